The first-order chi connectivity index (χ1) is 5.74. The maximum Gasteiger partial charge on any atom is 0.0613 e. The first-order valence-corrected chi connectivity index (χ1v) is 5.13. The molecule has 2 N–H and O–H groups in total. The molecule has 2 rings (SSSR count). The van der Waals surface area contributed by atoms with Crippen molar-refractivity contribution < 1.29 is 5.11 Å². The van der Waals surface area contributed by atoms with Gasteiger partial charge < -0.3 is 10.4 Å². The normalized spacial score (nSPS) is 29.5. The number of hydrogen-bond acceptors (Lipinski definition) is 2. The highest BCUT2D eigenvalue weighted by Gasteiger charge is 2.42. The fraction of sp³-hybridized carbons (Fsp3) is 1.00. The summed E-state index contributed by atoms with van der Waals surface area (Å²) in [6.45, 7) is 2.47. The maximum absolute atomic E-state index is 9.30. The summed E-state index contributed by atoms with van der Waals surface area (Å²) < 4.78 is 0. The van der Waals surface area contributed by atoms with Crippen molar-refractivity contribution in [3.63, 3.8) is 0 Å². The summed E-state index contributed by atoms with van der Waals surface area (Å²) in [6, 6.07) is 0.697. The zero-order chi connectivity index (χ0) is 8.60. The first-order valence-electron chi connectivity index (χ1n) is 5.13. The molecule has 1 unspecified atom stereocenters. The lowest BCUT2D eigenvalue weighted by atomic mass is 9.88. The summed E-state index contributed by atoms with van der Waals surface area (Å²) in [5.41, 5.74) is 0.0328. The van der Waals surface area contributed by atoms with Crippen molar-refractivity contribution >= 4 is 0 Å². The SMILES string of the molecule is CC(CO)(NC1CCC1)C1CC1. The quantitative estimate of drug-likeness (QED) is 0.664. The van der Waals surface area contributed by atoms with Crippen LogP contribution in [0.3, 0.4) is 0 Å². The van der Waals surface area contributed by atoms with Gasteiger partial charge in [-0.3, -0.25) is 0 Å². The van der Waals surface area contributed by atoms with Crippen LogP contribution in [0.2, 0.25) is 0 Å². The minimum Gasteiger partial charge on any atom is -0.394 e. The second-order valence-electron chi connectivity index (χ2n) is 4.62. The predicted octanol–water partition coefficient (Wildman–Crippen LogP) is 1.29. The van der Waals surface area contributed by atoms with E-state index in [9.17, 15) is 5.11 Å². The van der Waals surface area contributed by atoms with Crippen molar-refractivity contribution in [1.29, 1.82) is 0 Å². The average Bonchev–Trinajstić information content (AvgIpc) is 2.78. The van der Waals surface area contributed by atoms with Crippen LogP contribution >= 0.6 is 0 Å². The zero-order valence-corrected chi connectivity index (χ0v) is 7.84. The molecule has 2 aliphatic rings. The summed E-state index contributed by atoms with van der Waals surface area (Å²) in [7, 11) is 0. The Morgan fingerprint density at radius 3 is 2.33 bits per heavy atom. The molecule has 0 aromatic rings. The highest BCUT2D eigenvalue weighted by atomic mass is 16.3. The third-order valence-electron chi connectivity index (χ3n) is 3.45. The van der Waals surface area contributed by atoms with E-state index in [1.54, 1.807) is 0 Å². The van der Waals surface area contributed by atoms with Crippen molar-refractivity contribution in [1.82, 2.24) is 5.32 Å². The minimum atomic E-state index is 0.0328. The Labute approximate surface area is 74.4 Å². The second kappa shape index (κ2) is 3.00. The first kappa shape index (κ1) is 8.52. The number of hydrogen-bond donors (Lipinski definition) is 2. The van der Waals surface area contributed by atoms with Gasteiger partial charge in [-0.15, -0.1) is 0 Å². The predicted molar refractivity (Wildman–Crippen MR) is 49.0 cm³/mol. The van der Waals surface area contributed by atoms with Gasteiger partial charge in [0, 0.05) is 11.6 Å². The third-order valence-corrected chi connectivity index (χ3v) is 3.45. The van der Waals surface area contributed by atoms with Gasteiger partial charge in [0.15, 0.2) is 0 Å². The number of nitrogens with one attached hydrogen (secondary N) is 1. The lowest BCUT2D eigenvalue weighted by molar-refractivity contribution is 0.123. The molecular weight excluding hydrogens is 150 g/mol. The van der Waals surface area contributed by atoms with Crippen LogP contribution in [0.25, 0.3) is 0 Å². The molecule has 0 aliphatic heterocycles. The van der Waals surface area contributed by atoms with Crippen LogP contribution in [0.5, 0.6) is 0 Å². The van der Waals surface area contributed by atoms with E-state index in [-0.39, 0.29) is 5.54 Å². The summed E-state index contributed by atoms with van der Waals surface area (Å²) in [6.07, 6.45) is 6.59. The van der Waals surface area contributed by atoms with E-state index in [0.29, 0.717) is 12.6 Å². The van der Waals surface area contributed by atoms with Gasteiger partial charge in [0.05, 0.1) is 6.61 Å². The molecule has 1 atom stereocenters. The molecule has 70 valence electrons. The molecule has 2 fully saturated rings. The lowest BCUT2D eigenvalue weighted by Gasteiger charge is -2.38. The van der Waals surface area contributed by atoms with Crippen molar-refractivity contribution in [3.8, 4) is 0 Å². The molecule has 2 nitrogen and oxygen atoms in total. The van der Waals surface area contributed by atoms with Gasteiger partial charge in [0.2, 0.25) is 0 Å². The van der Waals surface area contributed by atoms with Crippen LogP contribution in [0.15, 0.2) is 0 Å². The maximum atomic E-state index is 9.30. The van der Waals surface area contributed by atoms with Crippen LogP contribution in [0, 0.1) is 5.92 Å². The average molecular weight is 169 g/mol. The van der Waals surface area contributed by atoms with Crippen LogP contribution in [0.1, 0.15) is 39.0 Å². The van der Waals surface area contributed by atoms with E-state index in [0.717, 1.165) is 5.92 Å². The van der Waals surface area contributed by atoms with Crippen LogP contribution in [-0.2, 0) is 0 Å². The molecule has 0 radical (unpaired) electrons. The van der Waals surface area contributed by atoms with E-state index >= 15 is 0 Å². The molecule has 0 aromatic heterocycles. The molecule has 2 saturated carbocycles. The van der Waals surface area contributed by atoms with E-state index in [4.69, 9.17) is 0 Å². The standard InChI is InChI=1S/C10H19NO/c1-10(7-12,8-5-6-8)11-9-3-2-4-9/h8-9,11-12H,2-7H2,1H3. The Morgan fingerprint density at radius 2 is 2.00 bits per heavy atom. The van der Waals surface area contributed by atoms with E-state index < -0.39 is 0 Å². The summed E-state index contributed by atoms with van der Waals surface area (Å²) in [5.74, 6) is 0.739. The molecule has 0 bridgehead atoms. The number of rotatable bonds is 4. The Bertz CT molecular complexity index is 163. The third kappa shape index (κ3) is 1.50. The van der Waals surface area contributed by atoms with Gasteiger partial charge in [-0.2, -0.15) is 0 Å². The van der Waals surface area contributed by atoms with Gasteiger partial charge in [0.1, 0.15) is 0 Å². The van der Waals surface area contributed by atoms with Gasteiger partial charge in [-0.25, -0.2) is 0 Å². The van der Waals surface area contributed by atoms with Crippen molar-refractivity contribution in [2.24, 2.45) is 5.92 Å². The lowest BCUT2D eigenvalue weighted by Crippen LogP contribution is -2.54. The monoisotopic (exact) mass is 169 g/mol. The van der Waals surface area contributed by atoms with Gasteiger partial charge in [0.25, 0.3) is 0 Å². The Balaban J connectivity index is 1.86. The molecule has 2 aliphatic carbocycles. The number of aliphatic hydroxyl groups is 1. The molecule has 0 amide bonds. The van der Waals surface area contributed by atoms with E-state index in [1.165, 1.54) is 32.1 Å². The molecule has 12 heavy (non-hydrogen) atoms. The largest absolute Gasteiger partial charge is 0.394 e. The molecule has 0 aromatic carbocycles. The Hall–Kier alpha value is -0.0800. The fourth-order valence-electron chi connectivity index (χ4n) is 2.03. The highest BCUT2D eigenvalue weighted by molar-refractivity contribution is 5.00. The fourth-order valence-corrected chi connectivity index (χ4v) is 2.03. The summed E-state index contributed by atoms with van der Waals surface area (Å²) >= 11 is 0. The van der Waals surface area contributed by atoms with Crippen LogP contribution < -0.4 is 5.32 Å². The molecule has 2 heteroatoms. The smallest absolute Gasteiger partial charge is 0.0613 e. The highest BCUT2D eigenvalue weighted by Crippen LogP contribution is 2.40. The Kier molecular flexibility index (Phi) is 2.13. The van der Waals surface area contributed by atoms with Crippen molar-refractivity contribution in [3.05, 3.63) is 0 Å². The molecular formula is C10H19NO. The topological polar surface area (TPSA) is 32.3 Å². The van der Waals surface area contributed by atoms with E-state index in [2.05, 4.69) is 12.2 Å². The minimum absolute atomic E-state index is 0.0328. The summed E-state index contributed by atoms with van der Waals surface area (Å²) in [4.78, 5) is 0. The van der Waals surface area contributed by atoms with Crippen LogP contribution in [-0.4, -0.2) is 23.3 Å². The molecule has 0 heterocycles. The Morgan fingerprint density at radius 1 is 1.33 bits per heavy atom. The summed E-state index contributed by atoms with van der Waals surface area (Å²) in [5, 5.41) is 12.9. The number of aliphatic hydroxyl groups excluding tert-OH is 1. The van der Waals surface area contributed by atoms with Crippen LogP contribution in [0.4, 0.5) is 0 Å². The van der Waals surface area contributed by atoms with Gasteiger partial charge in [-0.05, 0) is 38.5 Å². The van der Waals surface area contributed by atoms with Crippen molar-refractivity contribution in [2.75, 3.05) is 6.61 Å². The second-order valence-corrected chi connectivity index (χ2v) is 4.62. The van der Waals surface area contributed by atoms with Gasteiger partial charge >= 0.3 is 0 Å². The molecule has 0 spiro atoms. The molecule has 0 saturated heterocycles. The van der Waals surface area contributed by atoms with Crippen molar-refractivity contribution in [2.45, 2.75) is 50.6 Å². The van der Waals surface area contributed by atoms with E-state index in [1.807, 2.05) is 0 Å². The van der Waals surface area contributed by atoms with Gasteiger partial charge in [-0.1, -0.05) is 6.42 Å². The zero-order valence-electron chi connectivity index (χ0n) is 7.84.